The van der Waals surface area contributed by atoms with E-state index in [1.807, 2.05) is 0 Å². The first-order valence-electron chi connectivity index (χ1n) is 7.90. The van der Waals surface area contributed by atoms with E-state index in [4.69, 9.17) is 0 Å². The Morgan fingerprint density at radius 3 is 2.65 bits per heavy atom. The van der Waals surface area contributed by atoms with Gasteiger partial charge in [-0.15, -0.1) is 0 Å². The highest BCUT2D eigenvalue weighted by Crippen LogP contribution is 2.25. The van der Waals surface area contributed by atoms with E-state index in [1.165, 1.54) is 36.8 Å². The van der Waals surface area contributed by atoms with Gasteiger partial charge in [-0.25, -0.2) is 0 Å². The number of rotatable bonds is 3. The lowest BCUT2D eigenvalue weighted by Gasteiger charge is -2.34. The quantitative estimate of drug-likeness (QED) is 0.917. The molecule has 1 aliphatic carbocycles. The van der Waals surface area contributed by atoms with Crippen LogP contribution in [-0.2, 0) is 17.8 Å². The summed E-state index contributed by atoms with van der Waals surface area (Å²) in [6, 6.07) is 8.89. The van der Waals surface area contributed by atoms with Gasteiger partial charge in [-0.05, 0) is 37.3 Å². The maximum atomic E-state index is 12.8. The minimum absolute atomic E-state index is 0.0366. The highest BCUT2D eigenvalue weighted by molar-refractivity contribution is 5.83. The fraction of sp³-hybridized carbons (Fsp3) is 0.588. The molecule has 1 amide bonds. The van der Waals surface area contributed by atoms with Crippen molar-refractivity contribution in [2.24, 2.45) is 0 Å². The zero-order valence-corrected chi connectivity index (χ0v) is 12.3. The van der Waals surface area contributed by atoms with E-state index >= 15 is 0 Å². The minimum atomic E-state index is -0.0366. The van der Waals surface area contributed by atoms with Crippen LogP contribution in [0.15, 0.2) is 24.3 Å². The van der Waals surface area contributed by atoms with Gasteiger partial charge in [0.15, 0.2) is 0 Å². The fourth-order valence-electron chi connectivity index (χ4n) is 3.64. The number of likely N-dealkylation sites (N-methyl/N-ethyl adjacent to an activating group) is 1. The average Bonchev–Trinajstić information content (AvgIpc) is 3.01. The second kappa shape index (κ2) is 5.96. The standard InChI is InChI=1S/C17H24N2O/c1-2-19(15-9-5-6-10-15)17(20)16-11-13-7-3-4-8-14(13)12-18-16/h3-4,7-8,15-16,18H,2,5-6,9-12H2,1H3/t16-/m1/s1. The van der Waals surface area contributed by atoms with E-state index in [9.17, 15) is 4.79 Å². The average molecular weight is 272 g/mol. The zero-order valence-electron chi connectivity index (χ0n) is 12.3. The van der Waals surface area contributed by atoms with Gasteiger partial charge >= 0.3 is 0 Å². The molecule has 3 rings (SSSR count). The summed E-state index contributed by atoms with van der Waals surface area (Å²) in [5.74, 6) is 0.300. The van der Waals surface area contributed by atoms with Crippen LogP contribution in [-0.4, -0.2) is 29.4 Å². The number of fused-ring (bicyclic) bond motifs is 1. The van der Waals surface area contributed by atoms with Crippen LogP contribution in [0.2, 0.25) is 0 Å². The van der Waals surface area contributed by atoms with Crippen molar-refractivity contribution in [3.8, 4) is 0 Å². The molecular formula is C17H24N2O. The molecule has 0 unspecified atom stereocenters. The molecule has 1 heterocycles. The topological polar surface area (TPSA) is 32.3 Å². The smallest absolute Gasteiger partial charge is 0.240 e. The van der Waals surface area contributed by atoms with E-state index in [1.54, 1.807) is 0 Å². The van der Waals surface area contributed by atoms with Gasteiger partial charge in [-0.2, -0.15) is 0 Å². The molecule has 0 bridgehead atoms. The highest BCUT2D eigenvalue weighted by Gasteiger charge is 2.32. The van der Waals surface area contributed by atoms with Crippen molar-refractivity contribution in [1.82, 2.24) is 10.2 Å². The van der Waals surface area contributed by atoms with Crippen molar-refractivity contribution >= 4 is 5.91 Å². The van der Waals surface area contributed by atoms with Gasteiger partial charge < -0.3 is 10.2 Å². The normalized spacial score (nSPS) is 22.6. The Balaban J connectivity index is 1.71. The van der Waals surface area contributed by atoms with Gasteiger partial charge in [0.2, 0.25) is 5.91 Å². The third-order valence-corrected chi connectivity index (χ3v) is 4.77. The molecule has 1 aromatic rings. The van der Waals surface area contributed by atoms with Crippen LogP contribution in [0.5, 0.6) is 0 Å². The lowest BCUT2D eigenvalue weighted by atomic mass is 9.95. The predicted octanol–water partition coefficient (Wildman–Crippen LogP) is 2.49. The van der Waals surface area contributed by atoms with Crippen LogP contribution in [0, 0.1) is 0 Å². The van der Waals surface area contributed by atoms with Crippen LogP contribution in [0.1, 0.15) is 43.7 Å². The molecule has 1 aliphatic heterocycles. The molecule has 1 aromatic carbocycles. The first-order valence-corrected chi connectivity index (χ1v) is 7.90. The summed E-state index contributed by atoms with van der Waals surface area (Å²) in [5, 5.41) is 3.42. The Hall–Kier alpha value is -1.35. The zero-order chi connectivity index (χ0) is 13.9. The SMILES string of the molecule is CCN(C(=O)[C@H]1Cc2ccccc2CN1)C1CCCC1. The lowest BCUT2D eigenvalue weighted by molar-refractivity contribution is -0.135. The molecule has 20 heavy (non-hydrogen) atoms. The third kappa shape index (κ3) is 2.59. The first-order chi connectivity index (χ1) is 9.79. The molecule has 3 heteroatoms. The summed E-state index contributed by atoms with van der Waals surface area (Å²) in [7, 11) is 0. The highest BCUT2D eigenvalue weighted by atomic mass is 16.2. The lowest BCUT2D eigenvalue weighted by Crippen LogP contribution is -2.52. The Labute approximate surface area is 121 Å². The summed E-state index contributed by atoms with van der Waals surface area (Å²) in [4.78, 5) is 14.9. The molecule has 1 fully saturated rings. The Morgan fingerprint density at radius 1 is 1.25 bits per heavy atom. The van der Waals surface area contributed by atoms with Gasteiger partial charge in [0, 0.05) is 19.1 Å². The molecule has 1 saturated carbocycles. The molecule has 0 radical (unpaired) electrons. The number of nitrogens with zero attached hydrogens (tertiary/aromatic N) is 1. The Morgan fingerprint density at radius 2 is 1.95 bits per heavy atom. The van der Waals surface area contributed by atoms with Crippen LogP contribution in [0.25, 0.3) is 0 Å². The summed E-state index contributed by atoms with van der Waals surface area (Å²) >= 11 is 0. The van der Waals surface area contributed by atoms with Crippen LogP contribution < -0.4 is 5.32 Å². The number of carbonyl (C=O) groups is 1. The fourth-order valence-corrected chi connectivity index (χ4v) is 3.64. The van der Waals surface area contributed by atoms with Gasteiger partial charge in [0.25, 0.3) is 0 Å². The largest absolute Gasteiger partial charge is 0.339 e. The van der Waals surface area contributed by atoms with E-state index in [0.29, 0.717) is 11.9 Å². The second-order valence-corrected chi connectivity index (χ2v) is 5.97. The van der Waals surface area contributed by atoms with E-state index in [2.05, 4.69) is 41.4 Å². The molecular weight excluding hydrogens is 248 g/mol. The van der Waals surface area contributed by atoms with Crippen molar-refractivity contribution in [3.63, 3.8) is 0 Å². The number of amides is 1. The Bertz CT molecular complexity index is 480. The number of carbonyl (C=O) groups excluding carboxylic acids is 1. The van der Waals surface area contributed by atoms with Gasteiger partial charge in [-0.3, -0.25) is 4.79 Å². The van der Waals surface area contributed by atoms with Gasteiger partial charge in [0.1, 0.15) is 0 Å². The van der Waals surface area contributed by atoms with Crippen molar-refractivity contribution in [3.05, 3.63) is 35.4 Å². The molecule has 3 nitrogen and oxygen atoms in total. The van der Waals surface area contributed by atoms with Crippen molar-refractivity contribution in [1.29, 1.82) is 0 Å². The molecule has 108 valence electrons. The predicted molar refractivity (Wildman–Crippen MR) is 80.4 cm³/mol. The molecule has 0 saturated heterocycles. The monoisotopic (exact) mass is 272 g/mol. The van der Waals surface area contributed by atoms with Crippen molar-refractivity contribution in [2.45, 2.75) is 57.7 Å². The maximum Gasteiger partial charge on any atom is 0.240 e. The third-order valence-electron chi connectivity index (χ3n) is 4.77. The van der Waals surface area contributed by atoms with Crippen molar-refractivity contribution in [2.75, 3.05) is 6.54 Å². The van der Waals surface area contributed by atoms with E-state index < -0.39 is 0 Å². The second-order valence-electron chi connectivity index (χ2n) is 5.97. The van der Waals surface area contributed by atoms with Crippen LogP contribution in [0.3, 0.4) is 0 Å². The summed E-state index contributed by atoms with van der Waals surface area (Å²) < 4.78 is 0. The molecule has 0 aromatic heterocycles. The van der Waals surface area contributed by atoms with Gasteiger partial charge in [0.05, 0.1) is 6.04 Å². The van der Waals surface area contributed by atoms with Crippen LogP contribution in [0.4, 0.5) is 0 Å². The number of nitrogens with one attached hydrogen (secondary N) is 1. The summed E-state index contributed by atoms with van der Waals surface area (Å²) in [6.07, 6.45) is 5.74. The Kier molecular flexibility index (Phi) is 4.06. The molecule has 2 aliphatic rings. The summed E-state index contributed by atoms with van der Waals surface area (Å²) in [5.41, 5.74) is 2.66. The molecule has 1 N–H and O–H groups in total. The van der Waals surface area contributed by atoms with E-state index in [0.717, 1.165) is 19.5 Å². The minimum Gasteiger partial charge on any atom is -0.339 e. The molecule has 1 atom stereocenters. The molecule has 0 spiro atoms. The number of hydrogen-bond acceptors (Lipinski definition) is 2. The number of benzene rings is 1. The summed E-state index contributed by atoms with van der Waals surface area (Å²) in [6.45, 7) is 3.76. The number of hydrogen-bond donors (Lipinski definition) is 1. The maximum absolute atomic E-state index is 12.8. The van der Waals surface area contributed by atoms with Crippen molar-refractivity contribution < 1.29 is 4.79 Å². The van der Waals surface area contributed by atoms with E-state index in [-0.39, 0.29) is 6.04 Å². The van der Waals surface area contributed by atoms with Gasteiger partial charge in [-0.1, -0.05) is 37.1 Å². The van der Waals surface area contributed by atoms with Crippen LogP contribution >= 0.6 is 0 Å². The first kappa shape index (κ1) is 13.6.